The number of phenolic OH excluding ortho intramolecular Hbond substituents is 1. The van der Waals surface area contributed by atoms with Crippen molar-refractivity contribution in [3.63, 3.8) is 0 Å². The molecule has 0 saturated carbocycles. The lowest BCUT2D eigenvalue weighted by Gasteiger charge is -2.39. The SMILES string of the molecule is COc1cc(O[C@H]2O[C@@H](CO)[C@H](O)[C@@H](O)[C@@H]2O)cc2cc(C)c(C(C)=O)c(O)c12. The van der Waals surface area contributed by atoms with Gasteiger partial charge in [-0.25, -0.2) is 0 Å². The number of aliphatic hydroxyl groups is 4. The lowest BCUT2D eigenvalue weighted by molar-refractivity contribution is -0.277. The maximum atomic E-state index is 11.9. The number of carbonyl (C=O) groups is 1. The molecule has 0 spiro atoms. The fraction of sp³-hybridized carbons (Fsp3) is 0.450. The molecular formula is C20H24O9. The largest absolute Gasteiger partial charge is 0.506 e. The first-order valence-corrected chi connectivity index (χ1v) is 9.02. The van der Waals surface area contributed by atoms with Gasteiger partial charge in [0.2, 0.25) is 6.29 Å². The van der Waals surface area contributed by atoms with Crippen LogP contribution in [0.25, 0.3) is 10.8 Å². The molecule has 0 amide bonds. The van der Waals surface area contributed by atoms with Gasteiger partial charge < -0.3 is 39.7 Å². The maximum Gasteiger partial charge on any atom is 0.229 e. The summed E-state index contributed by atoms with van der Waals surface area (Å²) in [6.45, 7) is 2.47. The second kappa shape index (κ2) is 8.13. The Hall–Kier alpha value is -2.43. The topological polar surface area (TPSA) is 146 Å². The summed E-state index contributed by atoms with van der Waals surface area (Å²) in [6.07, 6.45) is -7.10. The van der Waals surface area contributed by atoms with E-state index in [9.17, 15) is 30.3 Å². The van der Waals surface area contributed by atoms with Crippen molar-refractivity contribution in [2.24, 2.45) is 0 Å². The fourth-order valence-electron chi connectivity index (χ4n) is 3.57. The number of rotatable bonds is 5. The van der Waals surface area contributed by atoms with Crippen molar-refractivity contribution < 1.29 is 44.5 Å². The third-order valence-corrected chi connectivity index (χ3v) is 5.02. The van der Waals surface area contributed by atoms with Crippen LogP contribution in [0.4, 0.5) is 0 Å². The van der Waals surface area contributed by atoms with Crippen LogP contribution in [0.1, 0.15) is 22.8 Å². The van der Waals surface area contributed by atoms with E-state index in [0.717, 1.165) is 0 Å². The number of aromatic hydroxyl groups is 1. The molecule has 0 unspecified atom stereocenters. The van der Waals surface area contributed by atoms with Crippen molar-refractivity contribution in [3.8, 4) is 17.2 Å². The standard InChI is InChI=1S/C20H24O9/c1-8-4-10-5-11(6-12(27-3)15(10)17(24)14(8)9(2)22)28-20-19(26)18(25)16(23)13(7-21)29-20/h4-6,13,16,18-21,23-26H,7H2,1-3H3/t13-,16-,18+,19-,20-/m0/s1. The number of benzene rings is 2. The van der Waals surface area contributed by atoms with Crippen LogP contribution in [0, 0.1) is 6.92 Å². The number of carbonyl (C=O) groups excluding carboxylic acids is 1. The summed E-state index contributed by atoms with van der Waals surface area (Å²) < 4.78 is 16.3. The molecule has 5 N–H and O–H groups in total. The zero-order chi connectivity index (χ0) is 21.5. The highest BCUT2D eigenvalue weighted by molar-refractivity contribution is 6.07. The highest BCUT2D eigenvalue weighted by Gasteiger charge is 2.44. The normalized spacial score (nSPS) is 27.1. The molecular weight excluding hydrogens is 384 g/mol. The van der Waals surface area contributed by atoms with E-state index < -0.39 is 37.3 Å². The summed E-state index contributed by atoms with van der Waals surface area (Å²) in [5.74, 6) is -0.0792. The zero-order valence-corrected chi connectivity index (χ0v) is 16.2. The molecule has 1 heterocycles. The van der Waals surface area contributed by atoms with Gasteiger partial charge in [0.25, 0.3) is 0 Å². The predicted molar refractivity (Wildman–Crippen MR) is 101 cm³/mol. The zero-order valence-electron chi connectivity index (χ0n) is 16.2. The molecule has 2 aromatic rings. The lowest BCUT2D eigenvalue weighted by atomic mass is 9.97. The summed E-state index contributed by atoms with van der Waals surface area (Å²) >= 11 is 0. The molecule has 9 heteroatoms. The predicted octanol–water partition coefficient (Wildman–Crippen LogP) is 0.244. The summed E-state index contributed by atoms with van der Waals surface area (Å²) in [7, 11) is 1.39. The number of hydrogen-bond donors (Lipinski definition) is 5. The fourth-order valence-corrected chi connectivity index (χ4v) is 3.57. The number of aliphatic hydroxyl groups excluding tert-OH is 4. The van der Waals surface area contributed by atoms with Gasteiger partial charge in [-0.15, -0.1) is 0 Å². The second-order valence-corrected chi connectivity index (χ2v) is 7.01. The quantitative estimate of drug-likeness (QED) is 0.439. The van der Waals surface area contributed by atoms with Gasteiger partial charge in [0.15, 0.2) is 5.78 Å². The smallest absolute Gasteiger partial charge is 0.229 e. The van der Waals surface area contributed by atoms with Crippen LogP contribution in [-0.4, -0.2) is 75.7 Å². The third-order valence-electron chi connectivity index (χ3n) is 5.02. The molecule has 1 aliphatic rings. The number of aryl methyl sites for hydroxylation is 1. The van der Waals surface area contributed by atoms with Crippen molar-refractivity contribution in [2.45, 2.75) is 44.6 Å². The molecule has 5 atom stereocenters. The average Bonchev–Trinajstić information content (AvgIpc) is 2.67. The van der Waals surface area contributed by atoms with Gasteiger partial charge in [-0.1, -0.05) is 6.07 Å². The molecule has 3 rings (SSSR count). The number of Topliss-reactive ketones (excluding diaryl/α,β-unsaturated/α-hetero) is 1. The van der Waals surface area contributed by atoms with E-state index in [-0.39, 0.29) is 28.6 Å². The molecule has 1 saturated heterocycles. The molecule has 9 nitrogen and oxygen atoms in total. The number of phenols is 1. The van der Waals surface area contributed by atoms with Crippen LogP contribution in [0.5, 0.6) is 17.2 Å². The molecule has 2 aromatic carbocycles. The first-order chi connectivity index (χ1) is 13.7. The summed E-state index contributed by atoms with van der Waals surface area (Å²) in [5, 5.41) is 50.7. The van der Waals surface area contributed by atoms with Gasteiger partial charge in [-0.2, -0.15) is 0 Å². The van der Waals surface area contributed by atoms with E-state index in [0.29, 0.717) is 16.3 Å². The van der Waals surface area contributed by atoms with Crippen LogP contribution in [0.2, 0.25) is 0 Å². The van der Waals surface area contributed by atoms with E-state index in [1.807, 2.05) is 0 Å². The Kier molecular flexibility index (Phi) is 5.97. The van der Waals surface area contributed by atoms with E-state index in [1.54, 1.807) is 19.1 Å². The highest BCUT2D eigenvalue weighted by atomic mass is 16.7. The van der Waals surface area contributed by atoms with Crippen molar-refractivity contribution >= 4 is 16.6 Å². The minimum atomic E-state index is -1.57. The highest BCUT2D eigenvalue weighted by Crippen LogP contribution is 2.41. The summed E-state index contributed by atoms with van der Waals surface area (Å²) in [4.78, 5) is 11.9. The molecule has 1 fully saturated rings. The molecule has 1 aliphatic heterocycles. The van der Waals surface area contributed by atoms with Gasteiger partial charge in [-0.05, 0) is 30.9 Å². The van der Waals surface area contributed by atoms with Crippen molar-refractivity contribution in [2.75, 3.05) is 13.7 Å². The van der Waals surface area contributed by atoms with E-state index in [4.69, 9.17) is 14.2 Å². The van der Waals surface area contributed by atoms with E-state index in [1.165, 1.54) is 20.1 Å². The summed E-state index contributed by atoms with van der Waals surface area (Å²) in [6, 6.07) is 4.67. The average molecular weight is 408 g/mol. The van der Waals surface area contributed by atoms with Gasteiger partial charge in [0.05, 0.1) is 24.7 Å². The van der Waals surface area contributed by atoms with E-state index in [2.05, 4.69) is 0 Å². The number of fused-ring (bicyclic) bond motifs is 1. The van der Waals surface area contributed by atoms with Crippen molar-refractivity contribution in [1.29, 1.82) is 0 Å². The second-order valence-electron chi connectivity index (χ2n) is 7.01. The first-order valence-electron chi connectivity index (χ1n) is 9.02. The lowest BCUT2D eigenvalue weighted by Crippen LogP contribution is -2.60. The third kappa shape index (κ3) is 3.75. The van der Waals surface area contributed by atoms with Gasteiger partial charge in [0, 0.05) is 6.07 Å². The molecule has 158 valence electrons. The Bertz CT molecular complexity index is 924. The molecule has 29 heavy (non-hydrogen) atoms. The molecule has 0 bridgehead atoms. The Balaban J connectivity index is 2.03. The van der Waals surface area contributed by atoms with Crippen molar-refractivity contribution in [3.05, 3.63) is 29.3 Å². The molecule has 0 aliphatic carbocycles. The van der Waals surface area contributed by atoms with Gasteiger partial charge in [-0.3, -0.25) is 4.79 Å². The molecule has 0 aromatic heterocycles. The number of ether oxygens (including phenoxy) is 3. The number of ketones is 1. The first kappa shape index (κ1) is 21.3. The van der Waals surface area contributed by atoms with Crippen molar-refractivity contribution in [1.82, 2.24) is 0 Å². The van der Waals surface area contributed by atoms with Gasteiger partial charge in [0.1, 0.15) is 41.7 Å². The summed E-state index contributed by atoms with van der Waals surface area (Å²) in [5.41, 5.74) is 0.757. The van der Waals surface area contributed by atoms with Gasteiger partial charge >= 0.3 is 0 Å². The Morgan fingerprint density at radius 1 is 1.14 bits per heavy atom. The van der Waals surface area contributed by atoms with Crippen LogP contribution in [0.15, 0.2) is 18.2 Å². The minimum absolute atomic E-state index is 0.188. The van der Waals surface area contributed by atoms with Crippen LogP contribution >= 0.6 is 0 Å². The Labute approximate surface area is 166 Å². The minimum Gasteiger partial charge on any atom is -0.506 e. The van der Waals surface area contributed by atoms with Crippen LogP contribution < -0.4 is 9.47 Å². The molecule has 0 radical (unpaired) electrons. The number of hydrogen-bond acceptors (Lipinski definition) is 9. The monoisotopic (exact) mass is 408 g/mol. The maximum absolute atomic E-state index is 11.9. The number of methoxy groups -OCH3 is 1. The van der Waals surface area contributed by atoms with Crippen LogP contribution in [0.3, 0.4) is 0 Å². The van der Waals surface area contributed by atoms with E-state index >= 15 is 0 Å². The Morgan fingerprint density at radius 2 is 1.83 bits per heavy atom. The Morgan fingerprint density at radius 3 is 2.41 bits per heavy atom. The van der Waals surface area contributed by atoms with Crippen LogP contribution in [-0.2, 0) is 4.74 Å².